The first-order chi connectivity index (χ1) is 12.3. The summed E-state index contributed by atoms with van der Waals surface area (Å²) in [6.45, 7) is 5.63. The minimum atomic E-state index is -0.354. The van der Waals surface area contributed by atoms with Gasteiger partial charge in [-0.15, -0.1) is 0 Å². The predicted octanol–water partition coefficient (Wildman–Crippen LogP) is 0.169. The third-order valence-corrected chi connectivity index (χ3v) is 5.52. The monoisotopic (exact) mass is 362 g/mol. The highest BCUT2D eigenvalue weighted by molar-refractivity contribution is 5.78. The van der Waals surface area contributed by atoms with Crippen LogP contribution in [0.2, 0.25) is 0 Å². The van der Waals surface area contributed by atoms with Crippen LogP contribution < -0.4 is 5.69 Å². The molecule has 2 fully saturated rings. The Morgan fingerprint density at radius 3 is 2.58 bits per heavy atom. The average molecular weight is 362 g/mol. The van der Waals surface area contributed by atoms with Crippen LogP contribution in [0.25, 0.3) is 0 Å². The second-order valence-corrected chi connectivity index (χ2v) is 7.33. The fourth-order valence-corrected chi connectivity index (χ4v) is 3.87. The maximum absolute atomic E-state index is 12.6. The first-order valence-corrected chi connectivity index (χ1v) is 9.02. The second kappa shape index (κ2) is 7.19. The average Bonchev–Trinajstić information content (AvgIpc) is 2.58. The van der Waals surface area contributed by atoms with E-state index < -0.39 is 0 Å². The molecular weight excluding hydrogens is 336 g/mol. The van der Waals surface area contributed by atoms with Gasteiger partial charge >= 0.3 is 5.69 Å². The molecule has 0 aromatic carbocycles. The van der Waals surface area contributed by atoms with E-state index in [1.54, 1.807) is 18.9 Å². The van der Waals surface area contributed by atoms with Crippen LogP contribution in [0.1, 0.15) is 36.2 Å². The third-order valence-electron chi connectivity index (χ3n) is 5.52. The number of H-pyrrole nitrogens is 1. The normalized spacial score (nSPS) is 19.9. The number of likely N-dealkylation sites (tertiary alicyclic amines) is 1. The van der Waals surface area contributed by atoms with Gasteiger partial charge in [-0.2, -0.15) is 4.98 Å². The number of amides is 2. The summed E-state index contributed by atoms with van der Waals surface area (Å²) in [5, 5.41) is 0. The van der Waals surface area contributed by atoms with Crippen molar-refractivity contribution in [1.29, 1.82) is 0 Å². The van der Waals surface area contributed by atoms with Gasteiger partial charge in [-0.25, -0.2) is 4.79 Å². The topological polar surface area (TPSA) is 95.6 Å². The summed E-state index contributed by atoms with van der Waals surface area (Å²) in [7, 11) is 1.80. The van der Waals surface area contributed by atoms with Crippen LogP contribution in [-0.4, -0.2) is 70.5 Å². The van der Waals surface area contributed by atoms with Gasteiger partial charge < -0.3 is 19.5 Å². The lowest BCUT2D eigenvalue weighted by molar-refractivity contribution is -0.170. The molecule has 1 N–H and O–H groups in total. The molecule has 0 aliphatic carbocycles. The summed E-state index contributed by atoms with van der Waals surface area (Å²) in [6.07, 6.45) is 2.45. The first-order valence-electron chi connectivity index (χ1n) is 9.02. The molecule has 26 heavy (non-hydrogen) atoms. The first kappa shape index (κ1) is 18.6. The molecular formula is C18H26N4O4. The van der Waals surface area contributed by atoms with E-state index in [9.17, 15) is 14.4 Å². The molecule has 3 rings (SSSR count). The lowest BCUT2D eigenvalue weighted by Gasteiger charge is -2.46. The van der Waals surface area contributed by atoms with Gasteiger partial charge in [0.05, 0.1) is 5.60 Å². The molecule has 1 aromatic rings. The van der Waals surface area contributed by atoms with Crippen molar-refractivity contribution >= 4 is 11.8 Å². The van der Waals surface area contributed by atoms with E-state index in [1.165, 1.54) is 0 Å². The summed E-state index contributed by atoms with van der Waals surface area (Å²) < 4.78 is 5.82. The number of ether oxygens (including phenoxy) is 1. The largest absolute Gasteiger partial charge is 0.363 e. The van der Waals surface area contributed by atoms with Crippen LogP contribution >= 0.6 is 0 Å². The maximum Gasteiger partial charge on any atom is 0.345 e. The molecule has 8 nitrogen and oxygen atoms in total. The van der Waals surface area contributed by atoms with Crippen LogP contribution in [0.4, 0.5) is 0 Å². The Kier molecular flexibility index (Phi) is 5.13. The van der Waals surface area contributed by atoms with Crippen LogP contribution in [0.3, 0.4) is 0 Å². The molecule has 2 aliphatic rings. The summed E-state index contributed by atoms with van der Waals surface area (Å²) >= 11 is 0. The Labute approximate surface area is 152 Å². The number of aromatic amines is 1. The minimum absolute atomic E-state index is 0.00869. The van der Waals surface area contributed by atoms with Crippen molar-refractivity contribution in [2.45, 2.75) is 45.1 Å². The van der Waals surface area contributed by atoms with Crippen LogP contribution in [0, 0.1) is 13.8 Å². The highest BCUT2D eigenvalue weighted by Gasteiger charge is 2.41. The number of nitrogens with one attached hydrogen (secondary N) is 1. The predicted molar refractivity (Wildman–Crippen MR) is 94.8 cm³/mol. The molecule has 0 atom stereocenters. The summed E-state index contributed by atoms with van der Waals surface area (Å²) in [4.78, 5) is 45.7. The Hall–Kier alpha value is -2.22. The van der Waals surface area contributed by atoms with Crippen molar-refractivity contribution in [1.82, 2.24) is 19.8 Å². The number of hydrogen-bond acceptors (Lipinski definition) is 5. The summed E-state index contributed by atoms with van der Waals surface area (Å²) in [5.41, 5.74) is 1.72. The van der Waals surface area contributed by atoms with E-state index in [-0.39, 0.29) is 29.7 Å². The number of morpholine rings is 1. The zero-order valence-corrected chi connectivity index (χ0v) is 15.6. The number of carbonyl (C=O) groups is 2. The third kappa shape index (κ3) is 3.80. The molecule has 8 heteroatoms. The molecule has 0 bridgehead atoms. The number of piperidine rings is 1. The van der Waals surface area contributed by atoms with Crippen molar-refractivity contribution in [2.24, 2.45) is 0 Å². The highest BCUT2D eigenvalue weighted by atomic mass is 16.5. The van der Waals surface area contributed by atoms with Crippen LogP contribution in [-0.2, 0) is 20.7 Å². The Morgan fingerprint density at radius 2 is 1.96 bits per heavy atom. The summed E-state index contributed by atoms with van der Waals surface area (Å²) in [6, 6.07) is 0. The molecule has 3 heterocycles. The maximum atomic E-state index is 12.6. The number of rotatable bonds is 3. The molecule has 0 unspecified atom stereocenters. The number of nitrogens with zero attached hydrogens (tertiary/aromatic N) is 3. The highest BCUT2D eigenvalue weighted by Crippen LogP contribution is 2.30. The smallest absolute Gasteiger partial charge is 0.345 e. The van der Waals surface area contributed by atoms with E-state index in [0.29, 0.717) is 38.2 Å². The van der Waals surface area contributed by atoms with Crippen molar-refractivity contribution in [3.05, 3.63) is 27.4 Å². The van der Waals surface area contributed by atoms with Crippen molar-refractivity contribution in [3.8, 4) is 0 Å². The van der Waals surface area contributed by atoms with E-state index in [2.05, 4.69) is 9.97 Å². The van der Waals surface area contributed by atoms with Gasteiger partial charge in [-0.1, -0.05) is 0 Å². The fraction of sp³-hybridized carbons (Fsp3) is 0.667. The van der Waals surface area contributed by atoms with Crippen molar-refractivity contribution < 1.29 is 14.3 Å². The van der Waals surface area contributed by atoms with Gasteiger partial charge in [-0.05, 0) is 38.7 Å². The molecule has 1 spiro atoms. The van der Waals surface area contributed by atoms with Gasteiger partial charge in [0, 0.05) is 44.5 Å². The SMILES string of the molecule is Cc1nc(=O)[nH]c(C)c1CCC(=O)N1CCC2(CC1)CN(C)C(=O)CO2. The van der Waals surface area contributed by atoms with Gasteiger partial charge in [-0.3, -0.25) is 9.59 Å². The molecule has 2 amide bonds. The number of hydrogen-bond donors (Lipinski definition) is 1. The van der Waals surface area contributed by atoms with Gasteiger partial charge in [0.2, 0.25) is 11.8 Å². The van der Waals surface area contributed by atoms with Gasteiger partial charge in [0.15, 0.2) is 0 Å². The standard InChI is InChI=1S/C18H26N4O4/c1-12-14(13(2)20-17(25)19-12)4-5-15(23)22-8-6-18(7-9-22)11-21(3)16(24)10-26-18/h4-11H2,1-3H3,(H,19,20,25). The van der Waals surface area contributed by atoms with Crippen LogP contribution in [0.15, 0.2) is 4.79 Å². The number of carbonyl (C=O) groups excluding carboxylic acids is 2. The molecule has 1 aromatic heterocycles. The molecule has 0 saturated carbocycles. The Bertz CT molecular complexity index is 739. The van der Waals surface area contributed by atoms with Crippen molar-refractivity contribution in [2.75, 3.05) is 33.3 Å². The van der Waals surface area contributed by atoms with E-state index in [0.717, 1.165) is 24.1 Å². The van der Waals surface area contributed by atoms with Crippen molar-refractivity contribution in [3.63, 3.8) is 0 Å². The molecule has 2 saturated heterocycles. The van der Waals surface area contributed by atoms with E-state index >= 15 is 0 Å². The lowest BCUT2D eigenvalue weighted by atomic mass is 9.89. The zero-order valence-electron chi connectivity index (χ0n) is 15.6. The Morgan fingerprint density at radius 1 is 1.27 bits per heavy atom. The molecule has 142 valence electrons. The lowest BCUT2D eigenvalue weighted by Crippen LogP contribution is -2.58. The number of aryl methyl sites for hydroxylation is 2. The quantitative estimate of drug-likeness (QED) is 0.827. The Balaban J connectivity index is 1.55. The van der Waals surface area contributed by atoms with Gasteiger partial charge in [0.25, 0.3) is 0 Å². The summed E-state index contributed by atoms with van der Waals surface area (Å²) in [5.74, 6) is 0.111. The molecule has 2 aliphatic heterocycles. The number of likely N-dealkylation sites (N-methyl/N-ethyl adjacent to an activating group) is 1. The molecule has 0 radical (unpaired) electrons. The number of aromatic nitrogens is 2. The van der Waals surface area contributed by atoms with Crippen LogP contribution in [0.5, 0.6) is 0 Å². The van der Waals surface area contributed by atoms with Gasteiger partial charge in [0.1, 0.15) is 6.61 Å². The second-order valence-electron chi connectivity index (χ2n) is 7.33. The van der Waals surface area contributed by atoms with E-state index in [1.807, 2.05) is 11.8 Å². The van der Waals surface area contributed by atoms with E-state index in [4.69, 9.17) is 4.74 Å². The minimum Gasteiger partial charge on any atom is -0.363 e. The fourth-order valence-electron chi connectivity index (χ4n) is 3.87. The zero-order chi connectivity index (χ0) is 18.9.